The molecule has 1 aliphatic carbocycles. The van der Waals surface area contributed by atoms with Crippen LogP contribution in [0.3, 0.4) is 0 Å². The van der Waals surface area contributed by atoms with Crippen molar-refractivity contribution in [1.82, 2.24) is 0 Å². The van der Waals surface area contributed by atoms with E-state index in [1.165, 1.54) is 25.7 Å². The van der Waals surface area contributed by atoms with E-state index in [4.69, 9.17) is 10.5 Å². The van der Waals surface area contributed by atoms with E-state index in [9.17, 15) is 5.11 Å². The van der Waals surface area contributed by atoms with Gasteiger partial charge >= 0.3 is 0 Å². The lowest BCUT2D eigenvalue weighted by Crippen LogP contribution is -2.18. The molecule has 1 aliphatic rings. The van der Waals surface area contributed by atoms with Gasteiger partial charge in [0.25, 0.3) is 0 Å². The van der Waals surface area contributed by atoms with Crippen molar-refractivity contribution in [3.8, 4) is 11.5 Å². The molecule has 1 atom stereocenters. The zero-order valence-electron chi connectivity index (χ0n) is 10.1. The zero-order chi connectivity index (χ0) is 11.5. The van der Waals surface area contributed by atoms with Gasteiger partial charge in [-0.3, -0.25) is 0 Å². The number of methoxy groups -OCH3 is 1. The van der Waals surface area contributed by atoms with Crippen molar-refractivity contribution in [2.75, 3.05) is 7.11 Å². The molecule has 1 fully saturated rings. The summed E-state index contributed by atoms with van der Waals surface area (Å²) in [7, 11) is 1.55. The maximum absolute atomic E-state index is 9.70. The molecule has 0 amide bonds. The van der Waals surface area contributed by atoms with Crippen molar-refractivity contribution in [2.45, 2.75) is 31.7 Å². The normalized spacial score (nSPS) is 17.5. The van der Waals surface area contributed by atoms with Crippen LogP contribution in [0.4, 0.5) is 0 Å². The first-order chi connectivity index (χ1) is 7.72. The third-order valence-corrected chi connectivity index (χ3v) is 3.50. The van der Waals surface area contributed by atoms with Crippen LogP contribution in [0.15, 0.2) is 18.2 Å². The number of hydrogen-bond acceptors (Lipinski definition) is 3. The van der Waals surface area contributed by atoms with Crippen LogP contribution in [0.1, 0.15) is 37.3 Å². The van der Waals surface area contributed by atoms with E-state index < -0.39 is 0 Å². The quantitative estimate of drug-likeness (QED) is 0.875. The van der Waals surface area contributed by atoms with E-state index in [-0.39, 0.29) is 24.2 Å². The Morgan fingerprint density at radius 1 is 1.35 bits per heavy atom. The van der Waals surface area contributed by atoms with Gasteiger partial charge < -0.3 is 15.6 Å². The minimum Gasteiger partial charge on any atom is -0.504 e. The molecule has 96 valence electrons. The fourth-order valence-corrected chi connectivity index (χ4v) is 2.50. The highest BCUT2D eigenvalue weighted by Crippen LogP contribution is 2.36. The molecule has 0 saturated heterocycles. The molecular formula is C13H20ClNO2. The van der Waals surface area contributed by atoms with Gasteiger partial charge in [0.05, 0.1) is 7.11 Å². The summed E-state index contributed by atoms with van der Waals surface area (Å²) < 4.78 is 5.01. The van der Waals surface area contributed by atoms with Gasteiger partial charge in [0, 0.05) is 6.04 Å². The van der Waals surface area contributed by atoms with Crippen molar-refractivity contribution in [3.05, 3.63) is 23.8 Å². The van der Waals surface area contributed by atoms with Gasteiger partial charge in [0.1, 0.15) is 0 Å². The molecule has 0 aliphatic heterocycles. The standard InChI is InChI=1S/C13H19NO2.ClH/c1-16-12-7-6-10(8-11(12)15)13(14)9-4-2-3-5-9;/h6-9,13,15H,2-5,14H2,1H3;1H/t13-;/m0./s1. The Hall–Kier alpha value is -0.930. The molecule has 1 aromatic rings. The van der Waals surface area contributed by atoms with Gasteiger partial charge in [-0.15, -0.1) is 12.4 Å². The zero-order valence-corrected chi connectivity index (χ0v) is 10.9. The summed E-state index contributed by atoms with van der Waals surface area (Å²) in [5.41, 5.74) is 7.21. The molecule has 0 unspecified atom stereocenters. The molecule has 0 radical (unpaired) electrons. The highest BCUT2D eigenvalue weighted by atomic mass is 35.5. The maximum Gasteiger partial charge on any atom is 0.160 e. The Balaban J connectivity index is 0.00000144. The number of benzene rings is 1. The second-order valence-corrected chi connectivity index (χ2v) is 4.50. The van der Waals surface area contributed by atoms with Crippen molar-refractivity contribution in [1.29, 1.82) is 0 Å². The highest BCUT2D eigenvalue weighted by molar-refractivity contribution is 5.85. The maximum atomic E-state index is 9.70. The number of hydrogen-bond donors (Lipinski definition) is 2. The topological polar surface area (TPSA) is 55.5 Å². The van der Waals surface area contributed by atoms with Gasteiger partial charge in [0.15, 0.2) is 11.5 Å². The van der Waals surface area contributed by atoms with Crippen molar-refractivity contribution in [2.24, 2.45) is 11.7 Å². The fraction of sp³-hybridized carbons (Fsp3) is 0.538. The summed E-state index contributed by atoms with van der Waals surface area (Å²) >= 11 is 0. The number of phenolic OH excluding ortho intramolecular Hbond substituents is 1. The van der Waals surface area contributed by atoms with Gasteiger partial charge in [-0.05, 0) is 36.5 Å². The van der Waals surface area contributed by atoms with Gasteiger partial charge in [-0.1, -0.05) is 18.9 Å². The molecular weight excluding hydrogens is 238 g/mol. The molecule has 1 aromatic carbocycles. The molecule has 3 nitrogen and oxygen atoms in total. The summed E-state index contributed by atoms with van der Waals surface area (Å²) in [4.78, 5) is 0. The summed E-state index contributed by atoms with van der Waals surface area (Å²) in [5.74, 6) is 1.24. The molecule has 0 aromatic heterocycles. The second-order valence-electron chi connectivity index (χ2n) is 4.50. The van der Waals surface area contributed by atoms with Crippen molar-refractivity contribution < 1.29 is 9.84 Å². The van der Waals surface area contributed by atoms with Gasteiger partial charge in [-0.25, -0.2) is 0 Å². The van der Waals surface area contributed by atoms with E-state index in [1.807, 2.05) is 6.07 Å². The summed E-state index contributed by atoms with van der Waals surface area (Å²) in [5, 5.41) is 9.70. The van der Waals surface area contributed by atoms with Crippen LogP contribution in [0, 0.1) is 5.92 Å². The number of ether oxygens (including phenoxy) is 1. The molecule has 0 heterocycles. The van der Waals surface area contributed by atoms with Crippen molar-refractivity contribution in [3.63, 3.8) is 0 Å². The molecule has 3 N–H and O–H groups in total. The Kier molecular flexibility index (Phi) is 5.09. The average molecular weight is 258 g/mol. The van der Waals surface area contributed by atoms with Crippen LogP contribution in [-0.2, 0) is 0 Å². The second kappa shape index (κ2) is 6.12. The number of rotatable bonds is 3. The lowest BCUT2D eigenvalue weighted by molar-refractivity contribution is 0.371. The lowest BCUT2D eigenvalue weighted by Gasteiger charge is -2.19. The Bertz CT molecular complexity index is 364. The van der Waals surface area contributed by atoms with Gasteiger partial charge in [-0.2, -0.15) is 0 Å². The summed E-state index contributed by atoms with van der Waals surface area (Å²) in [6.07, 6.45) is 4.96. The third-order valence-electron chi connectivity index (χ3n) is 3.50. The predicted octanol–water partition coefficient (Wildman–Crippen LogP) is 3.01. The first kappa shape index (κ1) is 14.1. The first-order valence-electron chi connectivity index (χ1n) is 5.85. The van der Waals surface area contributed by atoms with Gasteiger partial charge in [0.2, 0.25) is 0 Å². The average Bonchev–Trinajstić information content (AvgIpc) is 2.81. The smallest absolute Gasteiger partial charge is 0.160 e. The van der Waals surface area contributed by atoms with Crippen LogP contribution in [0.25, 0.3) is 0 Å². The summed E-state index contributed by atoms with van der Waals surface area (Å²) in [6, 6.07) is 5.49. The largest absolute Gasteiger partial charge is 0.504 e. The van der Waals surface area contributed by atoms with Crippen LogP contribution >= 0.6 is 12.4 Å². The predicted molar refractivity (Wildman–Crippen MR) is 70.8 cm³/mol. The van der Waals surface area contributed by atoms with Crippen molar-refractivity contribution >= 4 is 12.4 Å². The molecule has 0 bridgehead atoms. The molecule has 0 spiro atoms. The van der Waals surface area contributed by atoms with Crippen LogP contribution in [0.5, 0.6) is 11.5 Å². The van der Waals surface area contributed by atoms with E-state index in [1.54, 1.807) is 19.2 Å². The number of halogens is 1. The fourth-order valence-electron chi connectivity index (χ4n) is 2.50. The van der Waals surface area contributed by atoms with Crippen LogP contribution in [0.2, 0.25) is 0 Å². The monoisotopic (exact) mass is 257 g/mol. The summed E-state index contributed by atoms with van der Waals surface area (Å²) in [6.45, 7) is 0. The minimum absolute atomic E-state index is 0. The molecule has 1 saturated carbocycles. The number of nitrogens with two attached hydrogens (primary N) is 1. The van der Waals surface area contributed by atoms with E-state index in [0.29, 0.717) is 11.7 Å². The first-order valence-corrected chi connectivity index (χ1v) is 5.85. The Morgan fingerprint density at radius 2 is 2.00 bits per heavy atom. The highest BCUT2D eigenvalue weighted by Gasteiger charge is 2.23. The number of aromatic hydroxyl groups is 1. The molecule has 17 heavy (non-hydrogen) atoms. The Morgan fingerprint density at radius 3 is 2.53 bits per heavy atom. The molecule has 2 rings (SSSR count). The Labute approximate surface area is 108 Å². The molecule has 4 heteroatoms. The minimum atomic E-state index is 0. The van der Waals surface area contributed by atoms with E-state index in [0.717, 1.165) is 5.56 Å². The van der Waals surface area contributed by atoms with E-state index in [2.05, 4.69) is 0 Å². The SMILES string of the molecule is COc1ccc([C@@H](N)C2CCCC2)cc1O.Cl. The van der Waals surface area contributed by atoms with E-state index >= 15 is 0 Å². The van der Waals surface area contributed by atoms with Crippen LogP contribution in [-0.4, -0.2) is 12.2 Å². The lowest BCUT2D eigenvalue weighted by atomic mass is 9.92. The number of phenols is 1. The third kappa shape index (κ3) is 3.05. The van der Waals surface area contributed by atoms with Crippen LogP contribution < -0.4 is 10.5 Å².